The Kier molecular flexibility index (Phi) is 3.92. The highest BCUT2D eigenvalue weighted by Gasteiger charge is 2.62. The van der Waals surface area contributed by atoms with Crippen molar-refractivity contribution in [1.29, 1.82) is 0 Å². The van der Waals surface area contributed by atoms with Gasteiger partial charge in [-0.3, -0.25) is 4.52 Å². The van der Waals surface area contributed by atoms with Gasteiger partial charge in [-0.05, 0) is 0 Å². The fourth-order valence-corrected chi connectivity index (χ4v) is 4.31. The van der Waals surface area contributed by atoms with Crippen molar-refractivity contribution in [3.8, 4) is 0 Å². The normalized spacial score (nSPS) is 33.3. The number of aliphatic hydroxyl groups is 2. The van der Waals surface area contributed by atoms with Crippen LogP contribution in [0.25, 0.3) is 11.2 Å². The number of phosphoric ester groups is 1. The lowest BCUT2D eigenvalue weighted by Gasteiger charge is -2.41. The minimum absolute atomic E-state index is 0.399. The highest BCUT2D eigenvalue weighted by Crippen LogP contribution is 2.58. The van der Waals surface area contributed by atoms with Gasteiger partial charge in [-0.15, -0.1) is 0 Å². The molecule has 5 N–H and O–H groups in total. The summed E-state index contributed by atoms with van der Waals surface area (Å²) in [5.74, 6) is 0.131. The minimum Gasteiger partial charge on any atom is -0.389 e. The quantitative estimate of drug-likeness (QED) is 0.334. The smallest absolute Gasteiger partial charge is 0.389 e. The summed E-state index contributed by atoms with van der Waals surface area (Å²) >= 11 is 0. The molecular formula is C14H18N5O6P. The van der Waals surface area contributed by atoms with Crippen LogP contribution in [0, 0.1) is 11.3 Å². The first-order valence-corrected chi connectivity index (χ1v) is 9.42. The van der Waals surface area contributed by atoms with E-state index < -0.39 is 44.0 Å². The molecule has 0 amide bonds. The number of nitrogens with zero attached hydrogens (tertiary/aromatic N) is 4. The zero-order valence-corrected chi connectivity index (χ0v) is 14.6. The number of allylic oxidation sites excluding steroid dienone is 1. The van der Waals surface area contributed by atoms with Gasteiger partial charge in [0.05, 0.1) is 25.1 Å². The zero-order chi connectivity index (χ0) is 18.7. The number of hydrogen-bond acceptors (Lipinski definition) is 8. The topological polar surface area (TPSA) is 163 Å². The summed E-state index contributed by atoms with van der Waals surface area (Å²) in [4.78, 5) is 30.6. The van der Waals surface area contributed by atoms with Crippen LogP contribution >= 0.6 is 7.82 Å². The third kappa shape index (κ3) is 2.40. The number of phosphoric acid groups is 1. The number of hydrogen-bond donors (Lipinski definition) is 5. The molecule has 5 atom stereocenters. The van der Waals surface area contributed by atoms with Crippen molar-refractivity contribution in [3.63, 3.8) is 0 Å². The molecule has 0 saturated heterocycles. The van der Waals surface area contributed by atoms with E-state index in [0.29, 0.717) is 17.0 Å². The molecule has 0 unspecified atom stereocenters. The molecule has 1 fully saturated rings. The van der Waals surface area contributed by atoms with E-state index in [0.717, 1.165) is 0 Å². The maximum atomic E-state index is 11.1. The van der Waals surface area contributed by atoms with Crippen LogP contribution in [0.2, 0.25) is 0 Å². The molecule has 4 rings (SSSR count). The predicted molar refractivity (Wildman–Crippen MR) is 89.0 cm³/mol. The summed E-state index contributed by atoms with van der Waals surface area (Å²) in [6, 6.07) is -0.611. The lowest BCUT2D eigenvalue weighted by Crippen LogP contribution is -2.44. The number of anilines is 1. The molecule has 0 aliphatic heterocycles. The van der Waals surface area contributed by atoms with Crippen LogP contribution < -0.4 is 5.32 Å². The van der Waals surface area contributed by atoms with Gasteiger partial charge in [0.15, 0.2) is 11.5 Å². The Morgan fingerprint density at radius 3 is 2.73 bits per heavy atom. The van der Waals surface area contributed by atoms with Crippen molar-refractivity contribution in [1.82, 2.24) is 19.5 Å². The fourth-order valence-electron chi connectivity index (χ4n) is 3.92. The molecule has 2 aromatic heterocycles. The maximum Gasteiger partial charge on any atom is 0.469 e. The second-order valence-electron chi connectivity index (χ2n) is 6.48. The van der Waals surface area contributed by atoms with Gasteiger partial charge in [-0.25, -0.2) is 19.5 Å². The fraction of sp³-hybridized carbons (Fsp3) is 0.500. The van der Waals surface area contributed by atoms with Crippen LogP contribution in [-0.2, 0) is 9.09 Å². The summed E-state index contributed by atoms with van der Waals surface area (Å²) in [7, 11) is -3.00. The number of aliphatic hydroxyl groups excluding tert-OH is 2. The zero-order valence-electron chi connectivity index (χ0n) is 13.7. The van der Waals surface area contributed by atoms with E-state index in [1.165, 1.54) is 12.7 Å². The summed E-state index contributed by atoms with van der Waals surface area (Å²) < 4.78 is 17.4. The van der Waals surface area contributed by atoms with E-state index in [1.807, 2.05) is 0 Å². The van der Waals surface area contributed by atoms with Gasteiger partial charge >= 0.3 is 7.82 Å². The van der Waals surface area contributed by atoms with Crippen LogP contribution in [0.3, 0.4) is 0 Å². The third-order valence-corrected chi connectivity index (χ3v) is 5.69. The molecule has 0 bridgehead atoms. The van der Waals surface area contributed by atoms with Crippen LogP contribution in [0.15, 0.2) is 24.8 Å². The number of nitrogens with one attached hydrogen (secondary N) is 1. The number of aromatic nitrogens is 4. The van der Waals surface area contributed by atoms with Crippen molar-refractivity contribution < 1.29 is 29.1 Å². The second-order valence-corrected chi connectivity index (χ2v) is 7.72. The van der Waals surface area contributed by atoms with Crippen LogP contribution in [-0.4, -0.2) is 65.4 Å². The highest BCUT2D eigenvalue weighted by atomic mass is 31.2. The SMILES string of the molecule is CNc1ncnc2c1ncn2[C@H]1[C@H](O)[C@H](O)[C@]2(COP(=O)(O)O)C=C[C@H]12. The number of rotatable bonds is 5. The van der Waals surface area contributed by atoms with E-state index in [4.69, 9.17) is 9.79 Å². The Morgan fingerprint density at radius 1 is 1.35 bits per heavy atom. The molecule has 11 nitrogen and oxygen atoms in total. The first-order chi connectivity index (χ1) is 12.3. The molecule has 0 spiro atoms. The molecule has 0 aromatic carbocycles. The molecule has 2 aliphatic rings. The first-order valence-electron chi connectivity index (χ1n) is 7.89. The number of imidazole rings is 1. The van der Waals surface area contributed by atoms with E-state index in [9.17, 15) is 14.8 Å². The average molecular weight is 383 g/mol. The van der Waals surface area contributed by atoms with Gasteiger partial charge in [-0.1, -0.05) is 12.2 Å². The van der Waals surface area contributed by atoms with Crippen molar-refractivity contribution in [2.75, 3.05) is 19.0 Å². The summed E-state index contributed by atoms with van der Waals surface area (Å²) in [5, 5.41) is 24.1. The van der Waals surface area contributed by atoms with Gasteiger partial charge in [0.1, 0.15) is 17.9 Å². The van der Waals surface area contributed by atoms with Gasteiger partial charge in [0.2, 0.25) is 0 Å². The maximum absolute atomic E-state index is 11.1. The molecular weight excluding hydrogens is 365 g/mol. The Morgan fingerprint density at radius 2 is 2.12 bits per heavy atom. The van der Waals surface area contributed by atoms with E-state index in [-0.39, 0.29) is 0 Å². The molecule has 2 aromatic rings. The van der Waals surface area contributed by atoms with E-state index in [2.05, 4.69) is 24.8 Å². The van der Waals surface area contributed by atoms with Crippen LogP contribution in [0.1, 0.15) is 6.04 Å². The van der Waals surface area contributed by atoms with Crippen LogP contribution in [0.5, 0.6) is 0 Å². The highest BCUT2D eigenvalue weighted by molar-refractivity contribution is 7.46. The number of fused-ring (bicyclic) bond motifs is 2. The third-order valence-electron chi connectivity index (χ3n) is 5.23. The summed E-state index contributed by atoms with van der Waals surface area (Å²) in [6.07, 6.45) is 3.82. The largest absolute Gasteiger partial charge is 0.469 e. The molecule has 1 saturated carbocycles. The van der Waals surface area contributed by atoms with Gasteiger partial charge in [0, 0.05) is 18.4 Å². The van der Waals surface area contributed by atoms with Crippen molar-refractivity contribution >= 4 is 24.8 Å². The summed E-state index contributed by atoms with van der Waals surface area (Å²) in [6.45, 7) is -0.406. The molecule has 2 aliphatic carbocycles. The second kappa shape index (κ2) is 5.81. The Balaban J connectivity index is 1.73. The molecule has 0 radical (unpaired) electrons. The molecule has 12 heteroatoms. The minimum atomic E-state index is -4.70. The van der Waals surface area contributed by atoms with Gasteiger partial charge < -0.3 is 29.9 Å². The Hall–Kier alpha value is -1.88. The molecule has 140 valence electrons. The van der Waals surface area contributed by atoms with E-state index in [1.54, 1.807) is 23.8 Å². The molecule has 2 heterocycles. The standard InChI is InChI=1S/C14H18N5O6P/c1-15-12-8-13(17-5-16-12)19(6-18-8)9-7-2-3-14(7,11(21)10(9)20)4-25-26(22,23)24/h2-3,5-7,9-11,20-21H,4H2,1H3,(H,15,16,17)(H2,22,23,24)/t7-,9-,10+,11+,14+/m1/s1. The van der Waals surface area contributed by atoms with Crippen LogP contribution in [0.4, 0.5) is 5.82 Å². The first kappa shape index (κ1) is 17.5. The van der Waals surface area contributed by atoms with E-state index >= 15 is 0 Å². The van der Waals surface area contributed by atoms with Gasteiger partial charge in [-0.2, -0.15) is 0 Å². The Labute approximate surface area is 147 Å². The Bertz CT molecular complexity index is 928. The monoisotopic (exact) mass is 383 g/mol. The van der Waals surface area contributed by atoms with Crippen molar-refractivity contribution in [2.45, 2.75) is 18.2 Å². The summed E-state index contributed by atoms with van der Waals surface area (Å²) in [5.41, 5.74) is -0.0859. The van der Waals surface area contributed by atoms with Crippen molar-refractivity contribution in [2.24, 2.45) is 11.3 Å². The molecule has 26 heavy (non-hydrogen) atoms. The van der Waals surface area contributed by atoms with Gasteiger partial charge in [0.25, 0.3) is 0 Å². The lowest BCUT2D eigenvalue weighted by molar-refractivity contribution is -0.0361. The predicted octanol–water partition coefficient (Wildman–Crippen LogP) is -0.574. The lowest BCUT2D eigenvalue weighted by atomic mass is 9.68. The average Bonchev–Trinajstić information content (AvgIpc) is 3.05. The van der Waals surface area contributed by atoms with Crippen molar-refractivity contribution in [3.05, 3.63) is 24.8 Å².